The van der Waals surface area contributed by atoms with Crippen molar-refractivity contribution < 1.29 is 22.8 Å². The van der Waals surface area contributed by atoms with Gasteiger partial charge in [0.25, 0.3) is 11.8 Å². The van der Waals surface area contributed by atoms with Gasteiger partial charge in [0.2, 0.25) is 0 Å². The van der Waals surface area contributed by atoms with E-state index in [9.17, 15) is 22.8 Å². The number of halogens is 4. The Morgan fingerprint density at radius 2 is 1.78 bits per heavy atom. The smallest absolute Gasteiger partial charge is 0.342 e. The molecule has 8 nitrogen and oxygen atoms in total. The quantitative estimate of drug-likeness (QED) is 0.343. The summed E-state index contributed by atoms with van der Waals surface area (Å²) >= 11 is 6.61. The van der Waals surface area contributed by atoms with Crippen molar-refractivity contribution in [1.82, 2.24) is 25.3 Å². The number of benzene rings is 1. The molecule has 184 valence electrons. The number of nitrogens with one attached hydrogen (secondary N) is 2. The highest BCUT2D eigenvalue weighted by Gasteiger charge is 2.33. The Morgan fingerprint density at radius 1 is 1.03 bits per heavy atom. The van der Waals surface area contributed by atoms with Gasteiger partial charge in [-0.15, -0.1) is 11.3 Å². The van der Waals surface area contributed by atoms with Crippen LogP contribution in [0.2, 0.25) is 5.02 Å². The molecule has 0 aliphatic heterocycles. The standard InChI is InChI=1S/C23H16ClF3N6O2S/c1-12(32-20(34)18-9-17(30-11-31-18)13-4-6-28-7-5-13)22-29-10-19(36-22)21(35)33-14-2-3-16(24)15(8-14)23(25,26)27/h2-12H,1H3,(H,32,34)(H,33,35)/t12-/m0/s1. The number of hydrogen-bond acceptors (Lipinski definition) is 7. The lowest BCUT2D eigenvalue weighted by atomic mass is 10.1. The molecular formula is C23H16ClF3N6O2S. The average molecular weight is 533 g/mol. The number of carbonyl (C=O) groups excluding carboxylic acids is 2. The van der Waals surface area contributed by atoms with E-state index in [1.54, 1.807) is 37.5 Å². The van der Waals surface area contributed by atoms with Gasteiger partial charge < -0.3 is 10.6 Å². The van der Waals surface area contributed by atoms with Crippen LogP contribution >= 0.6 is 22.9 Å². The third kappa shape index (κ3) is 5.83. The number of nitrogens with zero attached hydrogens (tertiary/aromatic N) is 4. The molecule has 0 saturated carbocycles. The highest BCUT2D eigenvalue weighted by molar-refractivity contribution is 7.13. The second kappa shape index (κ2) is 10.4. The number of hydrogen-bond donors (Lipinski definition) is 2. The highest BCUT2D eigenvalue weighted by Crippen LogP contribution is 2.36. The fourth-order valence-corrected chi connectivity index (χ4v) is 4.14. The average Bonchev–Trinajstić information content (AvgIpc) is 3.36. The van der Waals surface area contributed by atoms with Crippen LogP contribution in [0.4, 0.5) is 18.9 Å². The van der Waals surface area contributed by atoms with Crippen LogP contribution in [0, 0.1) is 0 Å². The first-order valence-electron chi connectivity index (χ1n) is 10.3. The molecule has 0 aliphatic carbocycles. The van der Waals surface area contributed by atoms with E-state index in [-0.39, 0.29) is 16.3 Å². The molecule has 4 rings (SSSR count). The lowest BCUT2D eigenvalue weighted by Gasteiger charge is -2.12. The van der Waals surface area contributed by atoms with Gasteiger partial charge in [-0.3, -0.25) is 14.6 Å². The van der Waals surface area contributed by atoms with Crippen LogP contribution in [0.5, 0.6) is 0 Å². The summed E-state index contributed by atoms with van der Waals surface area (Å²) in [5, 5.41) is 5.11. The van der Waals surface area contributed by atoms with Gasteiger partial charge in [0.15, 0.2) is 0 Å². The lowest BCUT2D eigenvalue weighted by molar-refractivity contribution is -0.137. The normalized spacial score (nSPS) is 12.1. The van der Waals surface area contributed by atoms with E-state index in [1.807, 2.05) is 0 Å². The molecule has 0 unspecified atom stereocenters. The van der Waals surface area contributed by atoms with E-state index in [2.05, 4.69) is 30.6 Å². The van der Waals surface area contributed by atoms with E-state index in [0.29, 0.717) is 10.7 Å². The summed E-state index contributed by atoms with van der Waals surface area (Å²) in [6, 6.07) is 7.55. The zero-order valence-corrected chi connectivity index (χ0v) is 19.9. The van der Waals surface area contributed by atoms with Crippen LogP contribution in [0.15, 0.2) is 61.3 Å². The SMILES string of the molecule is C[C@H](NC(=O)c1cc(-c2ccncc2)ncn1)c1ncc(C(=O)Nc2ccc(Cl)c(C(F)(F)F)c2)s1. The Balaban J connectivity index is 1.43. The van der Waals surface area contributed by atoms with Crippen LogP contribution in [-0.4, -0.2) is 31.8 Å². The van der Waals surface area contributed by atoms with Crippen molar-refractivity contribution in [3.05, 3.63) is 87.5 Å². The maximum Gasteiger partial charge on any atom is 0.417 e. The molecule has 1 atom stereocenters. The van der Waals surface area contributed by atoms with Crippen molar-refractivity contribution in [2.75, 3.05) is 5.32 Å². The maximum absolute atomic E-state index is 13.1. The molecule has 0 saturated heterocycles. The molecule has 0 bridgehead atoms. The van der Waals surface area contributed by atoms with Gasteiger partial charge in [-0.1, -0.05) is 11.6 Å². The van der Waals surface area contributed by atoms with Gasteiger partial charge in [-0.25, -0.2) is 15.0 Å². The molecule has 1 aromatic carbocycles. The predicted molar refractivity (Wildman–Crippen MR) is 128 cm³/mol. The number of carbonyl (C=O) groups is 2. The first-order valence-corrected chi connectivity index (χ1v) is 11.5. The van der Waals surface area contributed by atoms with Crippen molar-refractivity contribution in [3.8, 4) is 11.3 Å². The summed E-state index contributed by atoms with van der Waals surface area (Å²) in [5.74, 6) is -1.12. The molecule has 3 aromatic heterocycles. The van der Waals surface area contributed by atoms with E-state index in [4.69, 9.17) is 11.6 Å². The molecule has 13 heteroatoms. The minimum absolute atomic E-state index is 0.0678. The Labute approximate surface area is 211 Å². The number of thiazole rings is 1. The van der Waals surface area contributed by atoms with E-state index < -0.39 is 34.6 Å². The van der Waals surface area contributed by atoms with Gasteiger partial charge >= 0.3 is 6.18 Å². The summed E-state index contributed by atoms with van der Waals surface area (Å²) in [5.41, 5.74) is 0.339. The summed E-state index contributed by atoms with van der Waals surface area (Å²) in [4.78, 5) is 41.7. The summed E-state index contributed by atoms with van der Waals surface area (Å²) in [6.07, 6.45) is 1.12. The molecule has 0 fully saturated rings. The fourth-order valence-electron chi connectivity index (χ4n) is 3.10. The Morgan fingerprint density at radius 3 is 2.50 bits per heavy atom. The summed E-state index contributed by atoms with van der Waals surface area (Å²) in [7, 11) is 0. The number of rotatable bonds is 6. The van der Waals surface area contributed by atoms with E-state index in [1.165, 1.54) is 18.6 Å². The van der Waals surface area contributed by atoms with Crippen molar-refractivity contribution >= 4 is 40.4 Å². The van der Waals surface area contributed by atoms with Crippen LogP contribution in [-0.2, 0) is 6.18 Å². The predicted octanol–water partition coefficient (Wildman–Crippen LogP) is 5.41. The molecule has 36 heavy (non-hydrogen) atoms. The molecular weight excluding hydrogens is 517 g/mol. The number of alkyl halides is 3. The minimum atomic E-state index is -4.66. The largest absolute Gasteiger partial charge is 0.417 e. The van der Waals surface area contributed by atoms with Gasteiger partial charge in [0.1, 0.15) is 21.9 Å². The van der Waals surface area contributed by atoms with Gasteiger partial charge in [-0.05, 0) is 43.3 Å². The molecule has 0 aliphatic rings. The van der Waals surface area contributed by atoms with Crippen LogP contribution in [0.3, 0.4) is 0 Å². The number of aromatic nitrogens is 4. The van der Waals surface area contributed by atoms with Crippen LogP contribution < -0.4 is 10.6 Å². The van der Waals surface area contributed by atoms with Gasteiger partial charge in [0.05, 0.1) is 28.5 Å². The van der Waals surface area contributed by atoms with Crippen molar-refractivity contribution in [2.45, 2.75) is 19.1 Å². The number of anilines is 1. The third-order valence-electron chi connectivity index (χ3n) is 4.87. The fraction of sp³-hybridized carbons (Fsp3) is 0.130. The molecule has 2 amide bonds. The van der Waals surface area contributed by atoms with Crippen molar-refractivity contribution in [1.29, 1.82) is 0 Å². The molecule has 2 N–H and O–H groups in total. The second-order valence-electron chi connectivity index (χ2n) is 7.43. The maximum atomic E-state index is 13.1. The molecule has 3 heterocycles. The van der Waals surface area contributed by atoms with Crippen LogP contribution in [0.1, 0.15) is 43.7 Å². The van der Waals surface area contributed by atoms with Crippen molar-refractivity contribution in [2.24, 2.45) is 0 Å². The molecule has 0 spiro atoms. The zero-order valence-electron chi connectivity index (χ0n) is 18.4. The Bertz CT molecular complexity index is 1410. The summed E-state index contributed by atoms with van der Waals surface area (Å²) in [6.45, 7) is 1.68. The van der Waals surface area contributed by atoms with Crippen molar-refractivity contribution in [3.63, 3.8) is 0 Å². The first-order chi connectivity index (χ1) is 17.1. The second-order valence-corrected chi connectivity index (χ2v) is 8.90. The zero-order chi connectivity index (χ0) is 25.9. The number of pyridine rings is 1. The highest BCUT2D eigenvalue weighted by atomic mass is 35.5. The monoisotopic (exact) mass is 532 g/mol. The lowest BCUT2D eigenvalue weighted by Crippen LogP contribution is -2.27. The minimum Gasteiger partial charge on any atom is -0.342 e. The van der Waals surface area contributed by atoms with E-state index in [0.717, 1.165) is 29.0 Å². The van der Waals surface area contributed by atoms with E-state index >= 15 is 0 Å². The van der Waals surface area contributed by atoms with Gasteiger partial charge in [-0.2, -0.15) is 13.2 Å². The Kier molecular flexibility index (Phi) is 7.27. The third-order valence-corrected chi connectivity index (χ3v) is 6.38. The topological polar surface area (TPSA) is 110 Å². The molecule has 4 aromatic rings. The van der Waals surface area contributed by atoms with Crippen LogP contribution in [0.25, 0.3) is 11.3 Å². The molecule has 0 radical (unpaired) electrons. The Hall–Kier alpha value is -3.90. The first kappa shape index (κ1) is 25.2. The van der Waals surface area contributed by atoms with Gasteiger partial charge in [0, 0.05) is 23.6 Å². The summed E-state index contributed by atoms with van der Waals surface area (Å²) < 4.78 is 39.2. The number of amides is 2.